The lowest BCUT2D eigenvalue weighted by Gasteiger charge is -2.30. The standard InChI is InChI=1S/C21H27ClN4O4/c1-13-5-7-26(8-6-13)21-23-14(2)9-20(25-21)30-12-19(27)24-16-10-15(22)17(28-3)11-18(16)29-4/h9-11,13H,5-8,12H2,1-4H3,(H,24,27). The van der Waals surface area contributed by atoms with E-state index in [1.54, 1.807) is 18.2 Å². The molecule has 1 aromatic heterocycles. The van der Waals surface area contributed by atoms with E-state index in [9.17, 15) is 4.79 Å². The van der Waals surface area contributed by atoms with E-state index >= 15 is 0 Å². The summed E-state index contributed by atoms with van der Waals surface area (Å²) in [5.74, 6) is 2.25. The highest BCUT2D eigenvalue weighted by molar-refractivity contribution is 6.32. The van der Waals surface area contributed by atoms with Crippen molar-refractivity contribution in [2.24, 2.45) is 5.92 Å². The number of aryl methyl sites for hydroxylation is 1. The summed E-state index contributed by atoms with van der Waals surface area (Å²) in [6.07, 6.45) is 2.23. The minimum absolute atomic E-state index is 0.209. The highest BCUT2D eigenvalue weighted by Gasteiger charge is 2.19. The molecule has 0 aliphatic carbocycles. The summed E-state index contributed by atoms with van der Waals surface area (Å²) >= 11 is 6.15. The fourth-order valence-electron chi connectivity index (χ4n) is 3.23. The number of piperidine rings is 1. The van der Waals surface area contributed by atoms with Gasteiger partial charge in [0.05, 0.1) is 24.9 Å². The third kappa shape index (κ3) is 5.44. The number of nitrogens with one attached hydrogen (secondary N) is 1. The van der Waals surface area contributed by atoms with Crippen molar-refractivity contribution in [3.05, 3.63) is 28.9 Å². The maximum absolute atomic E-state index is 12.4. The molecule has 0 saturated carbocycles. The average molecular weight is 435 g/mol. The molecule has 162 valence electrons. The van der Waals surface area contributed by atoms with E-state index in [2.05, 4.69) is 27.1 Å². The SMILES string of the molecule is COc1cc(OC)c(NC(=O)COc2cc(C)nc(N3CCC(C)CC3)n2)cc1Cl. The Labute approximate surface area is 181 Å². The molecule has 2 aromatic rings. The Morgan fingerprint density at radius 1 is 1.17 bits per heavy atom. The molecule has 8 nitrogen and oxygen atoms in total. The van der Waals surface area contributed by atoms with Crippen molar-refractivity contribution in [1.82, 2.24) is 9.97 Å². The van der Waals surface area contributed by atoms with Crippen LogP contribution in [-0.2, 0) is 4.79 Å². The first kappa shape index (κ1) is 22.0. The number of hydrogen-bond donors (Lipinski definition) is 1. The van der Waals surface area contributed by atoms with Crippen LogP contribution in [0.25, 0.3) is 0 Å². The number of halogens is 1. The molecule has 1 aliphatic rings. The van der Waals surface area contributed by atoms with Crippen molar-refractivity contribution in [3.63, 3.8) is 0 Å². The lowest BCUT2D eigenvalue weighted by Crippen LogP contribution is -2.34. The zero-order valence-corrected chi connectivity index (χ0v) is 18.5. The Morgan fingerprint density at radius 3 is 2.53 bits per heavy atom. The molecule has 1 aliphatic heterocycles. The van der Waals surface area contributed by atoms with E-state index in [4.69, 9.17) is 25.8 Å². The molecule has 0 unspecified atom stereocenters. The minimum Gasteiger partial charge on any atom is -0.495 e. The number of hydrogen-bond acceptors (Lipinski definition) is 7. The molecule has 30 heavy (non-hydrogen) atoms. The lowest BCUT2D eigenvalue weighted by atomic mass is 10.00. The second kappa shape index (κ2) is 9.84. The number of aromatic nitrogens is 2. The minimum atomic E-state index is -0.362. The molecule has 2 heterocycles. The number of nitrogens with zero attached hydrogens (tertiary/aromatic N) is 3. The van der Waals surface area contributed by atoms with Gasteiger partial charge in [-0.05, 0) is 31.7 Å². The maximum atomic E-state index is 12.4. The summed E-state index contributed by atoms with van der Waals surface area (Å²) in [5.41, 5.74) is 1.22. The lowest BCUT2D eigenvalue weighted by molar-refractivity contribution is -0.118. The number of benzene rings is 1. The maximum Gasteiger partial charge on any atom is 0.262 e. The molecule has 1 aromatic carbocycles. The second-order valence-electron chi connectivity index (χ2n) is 7.34. The van der Waals surface area contributed by atoms with Crippen LogP contribution in [0, 0.1) is 12.8 Å². The van der Waals surface area contributed by atoms with E-state index in [0.717, 1.165) is 31.6 Å². The molecule has 1 N–H and O–H groups in total. The van der Waals surface area contributed by atoms with E-state index in [-0.39, 0.29) is 12.5 Å². The van der Waals surface area contributed by atoms with Crippen LogP contribution in [0.5, 0.6) is 17.4 Å². The van der Waals surface area contributed by atoms with Gasteiger partial charge in [-0.3, -0.25) is 4.79 Å². The van der Waals surface area contributed by atoms with Gasteiger partial charge in [0.1, 0.15) is 11.5 Å². The molecule has 0 radical (unpaired) electrons. The van der Waals surface area contributed by atoms with E-state index in [0.29, 0.717) is 40.0 Å². The summed E-state index contributed by atoms with van der Waals surface area (Å²) < 4.78 is 16.1. The molecule has 0 bridgehead atoms. The van der Waals surface area contributed by atoms with Crippen molar-refractivity contribution >= 4 is 29.1 Å². The molecule has 1 saturated heterocycles. The molecule has 0 spiro atoms. The Kier molecular flexibility index (Phi) is 7.20. The Balaban J connectivity index is 1.64. The summed E-state index contributed by atoms with van der Waals surface area (Å²) in [6, 6.07) is 4.90. The van der Waals surface area contributed by atoms with Gasteiger partial charge >= 0.3 is 0 Å². The summed E-state index contributed by atoms with van der Waals surface area (Å²) in [4.78, 5) is 23.6. The predicted octanol–water partition coefficient (Wildman–Crippen LogP) is 3.71. The largest absolute Gasteiger partial charge is 0.495 e. The van der Waals surface area contributed by atoms with Gasteiger partial charge in [0.15, 0.2) is 6.61 Å². The van der Waals surface area contributed by atoms with Crippen LogP contribution in [0.1, 0.15) is 25.5 Å². The van der Waals surface area contributed by atoms with Gasteiger partial charge in [-0.15, -0.1) is 0 Å². The van der Waals surface area contributed by atoms with Crippen molar-refractivity contribution < 1.29 is 19.0 Å². The van der Waals surface area contributed by atoms with E-state index < -0.39 is 0 Å². The van der Waals surface area contributed by atoms with Crippen LogP contribution in [0.3, 0.4) is 0 Å². The van der Waals surface area contributed by atoms with Gasteiger partial charge < -0.3 is 24.4 Å². The zero-order valence-electron chi connectivity index (χ0n) is 17.7. The zero-order chi connectivity index (χ0) is 21.7. The van der Waals surface area contributed by atoms with Crippen molar-refractivity contribution in [1.29, 1.82) is 0 Å². The number of rotatable bonds is 7. The smallest absolute Gasteiger partial charge is 0.262 e. The fourth-order valence-corrected chi connectivity index (χ4v) is 3.47. The van der Waals surface area contributed by atoms with Crippen LogP contribution in [0.15, 0.2) is 18.2 Å². The van der Waals surface area contributed by atoms with Gasteiger partial charge in [-0.1, -0.05) is 18.5 Å². The predicted molar refractivity (Wildman–Crippen MR) is 116 cm³/mol. The summed E-state index contributed by atoms with van der Waals surface area (Å²) in [5, 5.41) is 3.10. The Morgan fingerprint density at radius 2 is 1.87 bits per heavy atom. The number of anilines is 2. The van der Waals surface area contributed by atoms with Crippen molar-refractivity contribution in [2.45, 2.75) is 26.7 Å². The quantitative estimate of drug-likeness (QED) is 0.710. The number of ether oxygens (including phenoxy) is 3. The molecule has 1 amide bonds. The van der Waals surface area contributed by atoms with Crippen LogP contribution in [-0.4, -0.2) is 49.8 Å². The van der Waals surface area contributed by atoms with Crippen LogP contribution >= 0.6 is 11.6 Å². The summed E-state index contributed by atoms with van der Waals surface area (Å²) in [7, 11) is 3.01. The monoisotopic (exact) mass is 434 g/mol. The van der Waals surface area contributed by atoms with Crippen LogP contribution in [0.2, 0.25) is 5.02 Å². The number of amides is 1. The first-order valence-corrected chi connectivity index (χ1v) is 10.2. The average Bonchev–Trinajstić information content (AvgIpc) is 2.72. The topological polar surface area (TPSA) is 85.8 Å². The molecule has 9 heteroatoms. The molecular weight excluding hydrogens is 408 g/mol. The van der Waals surface area contributed by atoms with Gasteiger partial charge in [0.2, 0.25) is 11.8 Å². The molecule has 3 rings (SSSR count). The summed E-state index contributed by atoms with van der Waals surface area (Å²) in [6.45, 7) is 5.77. The van der Waals surface area contributed by atoms with Crippen LogP contribution in [0.4, 0.5) is 11.6 Å². The van der Waals surface area contributed by atoms with Crippen LogP contribution < -0.4 is 24.4 Å². The highest BCUT2D eigenvalue weighted by atomic mass is 35.5. The van der Waals surface area contributed by atoms with E-state index in [1.165, 1.54) is 14.2 Å². The molecular formula is C21H27ClN4O4. The van der Waals surface area contributed by atoms with Crippen molar-refractivity contribution in [2.75, 3.05) is 44.1 Å². The van der Waals surface area contributed by atoms with Gasteiger partial charge in [0, 0.05) is 30.9 Å². The Bertz CT molecular complexity index is 901. The third-order valence-electron chi connectivity index (χ3n) is 4.98. The fraction of sp³-hybridized carbons (Fsp3) is 0.476. The van der Waals surface area contributed by atoms with Crippen molar-refractivity contribution in [3.8, 4) is 17.4 Å². The third-order valence-corrected chi connectivity index (χ3v) is 5.28. The second-order valence-corrected chi connectivity index (χ2v) is 7.75. The number of carbonyl (C=O) groups excluding carboxylic acids is 1. The first-order chi connectivity index (χ1) is 14.4. The first-order valence-electron chi connectivity index (χ1n) is 9.84. The highest BCUT2D eigenvalue weighted by Crippen LogP contribution is 2.35. The Hall–Kier alpha value is -2.74. The van der Waals surface area contributed by atoms with Gasteiger partial charge in [0.25, 0.3) is 5.91 Å². The molecule has 1 fully saturated rings. The normalized spacial score (nSPS) is 14.4. The van der Waals surface area contributed by atoms with E-state index in [1.807, 2.05) is 6.92 Å². The number of carbonyl (C=O) groups is 1. The van der Waals surface area contributed by atoms with Gasteiger partial charge in [-0.25, -0.2) is 4.98 Å². The van der Waals surface area contributed by atoms with Gasteiger partial charge in [-0.2, -0.15) is 4.98 Å². The molecule has 0 atom stereocenters. The number of methoxy groups -OCH3 is 2.